The van der Waals surface area contributed by atoms with E-state index < -0.39 is 11.6 Å². The standard InChI is InChI=1S/C21H28F2N4O/c1-13(2)12-27-19-8-6-15(10-16(19)20(25-27)21(28)26(3)4)24-11-14-5-7-17(22)18(23)9-14/h5,7,9,13,15,24H,6,8,10-12H2,1-4H3/t15-/m1/s1. The second-order valence-corrected chi connectivity index (χ2v) is 8.12. The van der Waals surface area contributed by atoms with Crippen LogP contribution in [0.15, 0.2) is 18.2 Å². The summed E-state index contributed by atoms with van der Waals surface area (Å²) < 4.78 is 28.5. The van der Waals surface area contributed by atoms with E-state index in [1.54, 1.807) is 25.1 Å². The highest BCUT2D eigenvalue weighted by atomic mass is 19.2. The maximum atomic E-state index is 13.4. The number of rotatable bonds is 6. The highest BCUT2D eigenvalue weighted by molar-refractivity contribution is 5.93. The third-order valence-electron chi connectivity index (χ3n) is 5.07. The summed E-state index contributed by atoms with van der Waals surface area (Å²) in [6, 6.07) is 4.11. The molecule has 5 nitrogen and oxygen atoms in total. The van der Waals surface area contributed by atoms with Gasteiger partial charge in [0, 0.05) is 44.5 Å². The van der Waals surface area contributed by atoms with Gasteiger partial charge in [-0.05, 0) is 42.9 Å². The van der Waals surface area contributed by atoms with E-state index in [1.807, 2.05) is 4.68 Å². The van der Waals surface area contributed by atoms with E-state index in [4.69, 9.17) is 0 Å². The third-order valence-corrected chi connectivity index (χ3v) is 5.07. The number of hydrogen-bond donors (Lipinski definition) is 1. The van der Waals surface area contributed by atoms with Gasteiger partial charge in [-0.2, -0.15) is 5.10 Å². The zero-order valence-electron chi connectivity index (χ0n) is 16.9. The Balaban J connectivity index is 1.77. The Morgan fingerprint density at radius 1 is 1.32 bits per heavy atom. The summed E-state index contributed by atoms with van der Waals surface area (Å²) in [6.45, 7) is 5.51. The quantitative estimate of drug-likeness (QED) is 0.824. The van der Waals surface area contributed by atoms with E-state index in [2.05, 4.69) is 24.3 Å². The predicted octanol–water partition coefficient (Wildman–Crippen LogP) is 3.17. The smallest absolute Gasteiger partial charge is 0.274 e. The zero-order chi connectivity index (χ0) is 20.4. The van der Waals surface area contributed by atoms with Gasteiger partial charge in [-0.1, -0.05) is 19.9 Å². The second kappa shape index (κ2) is 8.39. The minimum atomic E-state index is -0.838. The second-order valence-electron chi connectivity index (χ2n) is 8.12. The van der Waals surface area contributed by atoms with Crippen molar-refractivity contribution in [3.8, 4) is 0 Å². The van der Waals surface area contributed by atoms with Crippen LogP contribution in [0.4, 0.5) is 8.78 Å². The Morgan fingerprint density at radius 2 is 2.07 bits per heavy atom. The summed E-state index contributed by atoms with van der Waals surface area (Å²) in [5.41, 5.74) is 3.38. The molecule has 1 amide bonds. The molecule has 1 aliphatic carbocycles. The molecule has 0 unspecified atom stereocenters. The lowest BCUT2D eigenvalue weighted by atomic mass is 9.90. The molecular formula is C21H28F2N4O. The largest absolute Gasteiger partial charge is 0.343 e. The normalized spacial score (nSPS) is 16.3. The summed E-state index contributed by atoms with van der Waals surface area (Å²) in [4.78, 5) is 14.2. The van der Waals surface area contributed by atoms with Gasteiger partial charge in [0.15, 0.2) is 17.3 Å². The molecule has 0 aliphatic heterocycles. The first-order valence-electron chi connectivity index (χ1n) is 9.73. The van der Waals surface area contributed by atoms with Crippen molar-refractivity contribution in [1.29, 1.82) is 0 Å². The van der Waals surface area contributed by atoms with Crippen LogP contribution in [0.1, 0.15) is 47.6 Å². The number of carbonyl (C=O) groups excluding carboxylic acids is 1. The van der Waals surface area contributed by atoms with Crippen molar-refractivity contribution in [2.75, 3.05) is 14.1 Å². The SMILES string of the molecule is CC(C)Cn1nc(C(=O)N(C)C)c2c1CC[C@@H](NCc1ccc(F)c(F)c1)C2. The highest BCUT2D eigenvalue weighted by Crippen LogP contribution is 2.26. The Hall–Kier alpha value is -2.28. The molecule has 3 rings (SSSR count). The Morgan fingerprint density at radius 3 is 2.71 bits per heavy atom. The monoisotopic (exact) mass is 390 g/mol. The van der Waals surface area contributed by atoms with Crippen LogP contribution in [0, 0.1) is 17.6 Å². The molecule has 2 aromatic rings. The average Bonchev–Trinajstić information content (AvgIpc) is 2.99. The number of nitrogens with one attached hydrogen (secondary N) is 1. The van der Waals surface area contributed by atoms with Crippen molar-refractivity contribution >= 4 is 5.91 Å². The number of fused-ring (bicyclic) bond motifs is 1. The van der Waals surface area contributed by atoms with Gasteiger partial charge in [0.05, 0.1) is 0 Å². The average molecular weight is 390 g/mol. The van der Waals surface area contributed by atoms with Gasteiger partial charge in [-0.25, -0.2) is 8.78 Å². The third kappa shape index (κ3) is 4.41. The van der Waals surface area contributed by atoms with E-state index in [9.17, 15) is 13.6 Å². The summed E-state index contributed by atoms with van der Waals surface area (Å²) >= 11 is 0. The van der Waals surface area contributed by atoms with Gasteiger partial charge >= 0.3 is 0 Å². The lowest BCUT2D eigenvalue weighted by molar-refractivity contribution is 0.0819. The van der Waals surface area contributed by atoms with E-state index in [1.165, 1.54) is 6.07 Å². The molecule has 0 fully saturated rings. The van der Waals surface area contributed by atoms with Gasteiger partial charge in [-0.15, -0.1) is 0 Å². The molecule has 1 atom stereocenters. The van der Waals surface area contributed by atoms with Gasteiger partial charge in [-0.3, -0.25) is 9.48 Å². The number of amides is 1. The zero-order valence-corrected chi connectivity index (χ0v) is 16.9. The van der Waals surface area contributed by atoms with Crippen LogP contribution in [-0.2, 0) is 25.9 Å². The van der Waals surface area contributed by atoms with Crippen molar-refractivity contribution in [3.63, 3.8) is 0 Å². The van der Waals surface area contributed by atoms with Gasteiger partial charge in [0.25, 0.3) is 5.91 Å². The molecule has 1 aromatic carbocycles. The molecule has 1 aliphatic rings. The van der Waals surface area contributed by atoms with E-state index in [0.717, 1.165) is 36.7 Å². The molecule has 1 N–H and O–H groups in total. The molecule has 0 saturated heterocycles. The molecule has 152 valence electrons. The maximum Gasteiger partial charge on any atom is 0.274 e. The number of aromatic nitrogens is 2. The van der Waals surface area contributed by atoms with Crippen LogP contribution in [0.3, 0.4) is 0 Å². The van der Waals surface area contributed by atoms with Crippen molar-refractivity contribution in [1.82, 2.24) is 20.0 Å². The van der Waals surface area contributed by atoms with Crippen molar-refractivity contribution in [2.45, 2.75) is 52.2 Å². The molecule has 0 radical (unpaired) electrons. The number of carbonyl (C=O) groups is 1. The highest BCUT2D eigenvalue weighted by Gasteiger charge is 2.29. The van der Waals surface area contributed by atoms with Crippen LogP contribution >= 0.6 is 0 Å². The number of nitrogens with zero attached hydrogens (tertiary/aromatic N) is 3. The van der Waals surface area contributed by atoms with Gasteiger partial charge in [0.1, 0.15) is 0 Å². The van der Waals surface area contributed by atoms with Crippen LogP contribution in [0.5, 0.6) is 0 Å². The maximum absolute atomic E-state index is 13.4. The van der Waals surface area contributed by atoms with E-state index in [0.29, 0.717) is 30.1 Å². The number of halogens is 2. The van der Waals surface area contributed by atoms with Crippen molar-refractivity contribution in [3.05, 3.63) is 52.3 Å². The molecule has 28 heavy (non-hydrogen) atoms. The Labute approximate surface area is 164 Å². The minimum Gasteiger partial charge on any atom is -0.343 e. The van der Waals surface area contributed by atoms with Crippen molar-refractivity contribution in [2.24, 2.45) is 5.92 Å². The first kappa shape index (κ1) is 20.5. The fraction of sp³-hybridized carbons (Fsp3) is 0.524. The number of benzene rings is 1. The number of hydrogen-bond acceptors (Lipinski definition) is 3. The Kier molecular flexibility index (Phi) is 6.13. The van der Waals surface area contributed by atoms with E-state index in [-0.39, 0.29) is 11.9 Å². The van der Waals surface area contributed by atoms with Crippen LogP contribution in [-0.4, -0.2) is 40.7 Å². The molecule has 0 spiro atoms. The summed E-state index contributed by atoms with van der Waals surface area (Å²) in [6.07, 6.45) is 2.45. The lowest BCUT2D eigenvalue weighted by Crippen LogP contribution is -2.35. The summed E-state index contributed by atoms with van der Waals surface area (Å²) in [7, 11) is 3.47. The summed E-state index contributed by atoms with van der Waals surface area (Å²) in [5, 5.41) is 8.05. The lowest BCUT2D eigenvalue weighted by Gasteiger charge is -2.25. The van der Waals surface area contributed by atoms with Crippen LogP contribution in [0.25, 0.3) is 0 Å². The molecule has 0 bridgehead atoms. The van der Waals surface area contributed by atoms with Crippen molar-refractivity contribution < 1.29 is 13.6 Å². The topological polar surface area (TPSA) is 50.2 Å². The van der Waals surface area contributed by atoms with Crippen LogP contribution < -0.4 is 5.32 Å². The molecule has 0 saturated carbocycles. The minimum absolute atomic E-state index is 0.0833. The van der Waals surface area contributed by atoms with Crippen LogP contribution in [0.2, 0.25) is 0 Å². The fourth-order valence-corrected chi connectivity index (χ4v) is 3.65. The predicted molar refractivity (Wildman–Crippen MR) is 104 cm³/mol. The Bertz CT molecular complexity index is 860. The van der Waals surface area contributed by atoms with Gasteiger partial charge < -0.3 is 10.2 Å². The fourth-order valence-electron chi connectivity index (χ4n) is 3.65. The molecular weight excluding hydrogens is 362 g/mol. The molecule has 1 aromatic heterocycles. The van der Waals surface area contributed by atoms with E-state index >= 15 is 0 Å². The molecule has 7 heteroatoms. The first-order chi connectivity index (χ1) is 13.3. The molecule has 1 heterocycles. The summed E-state index contributed by atoms with van der Waals surface area (Å²) in [5.74, 6) is -1.31. The first-order valence-corrected chi connectivity index (χ1v) is 9.73. The van der Waals surface area contributed by atoms with Gasteiger partial charge in [0.2, 0.25) is 0 Å².